The van der Waals surface area contributed by atoms with Crippen LogP contribution in [0.2, 0.25) is 0 Å². The van der Waals surface area contributed by atoms with Gasteiger partial charge in [-0.25, -0.2) is 4.68 Å². The van der Waals surface area contributed by atoms with Gasteiger partial charge in [-0.2, -0.15) is 5.10 Å². The minimum atomic E-state index is -0.468. The van der Waals surface area contributed by atoms with E-state index in [0.717, 1.165) is 12.8 Å². The smallest absolute Gasteiger partial charge is 0.274 e. The molecule has 1 aromatic carbocycles. The van der Waals surface area contributed by atoms with Gasteiger partial charge in [0.15, 0.2) is 5.69 Å². The maximum Gasteiger partial charge on any atom is 0.274 e. The highest BCUT2D eigenvalue weighted by molar-refractivity contribution is 5.92. The number of aliphatic hydroxyl groups excluding tert-OH is 1. The molecule has 1 aromatic heterocycles. The van der Waals surface area contributed by atoms with Gasteiger partial charge in [-0.1, -0.05) is 6.07 Å². The maximum absolute atomic E-state index is 12.7. The van der Waals surface area contributed by atoms with Crippen LogP contribution < -0.4 is 0 Å². The molecule has 2 atom stereocenters. The quantitative estimate of drug-likeness (QED) is 0.661. The highest BCUT2D eigenvalue weighted by Gasteiger charge is 2.31. The van der Waals surface area contributed by atoms with E-state index in [0.29, 0.717) is 24.3 Å². The fraction of sp³-hybridized carbons (Fsp3) is 0.412. The average molecular weight is 344 g/mol. The predicted molar refractivity (Wildman–Crippen MR) is 90.6 cm³/mol. The first-order chi connectivity index (χ1) is 12.0. The summed E-state index contributed by atoms with van der Waals surface area (Å²) in [6.07, 6.45) is 3.50. The van der Waals surface area contributed by atoms with Crippen molar-refractivity contribution >= 4 is 11.6 Å². The van der Waals surface area contributed by atoms with E-state index in [-0.39, 0.29) is 17.6 Å². The molecule has 0 spiro atoms. The first-order valence-corrected chi connectivity index (χ1v) is 8.25. The number of amides is 1. The standard InChI is InChI=1S/C17H20N4O4/c1-12(22)10-13-6-3-8-19(13)17(23)16-7-9-20(18-16)14-4-2-5-15(11-14)21(24)25/h2,4-5,7,9,11-13,22H,3,6,8,10H2,1H3. The summed E-state index contributed by atoms with van der Waals surface area (Å²) in [6, 6.07) is 7.72. The number of hydrogen-bond acceptors (Lipinski definition) is 5. The Morgan fingerprint density at radius 1 is 1.48 bits per heavy atom. The van der Waals surface area contributed by atoms with E-state index < -0.39 is 11.0 Å². The van der Waals surface area contributed by atoms with Crippen molar-refractivity contribution in [2.45, 2.75) is 38.3 Å². The molecule has 8 nitrogen and oxygen atoms in total. The Morgan fingerprint density at radius 3 is 3.00 bits per heavy atom. The number of nitro groups is 1. The molecule has 0 radical (unpaired) electrons. The monoisotopic (exact) mass is 344 g/mol. The Kier molecular flexibility index (Phi) is 4.80. The lowest BCUT2D eigenvalue weighted by Gasteiger charge is -2.24. The van der Waals surface area contributed by atoms with Gasteiger partial charge in [0.05, 0.1) is 16.7 Å². The molecule has 2 heterocycles. The molecule has 1 saturated heterocycles. The molecule has 0 saturated carbocycles. The van der Waals surface area contributed by atoms with Crippen LogP contribution in [0.25, 0.3) is 5.69 Å². The van der Waals surface area contributed by atoms with Crippen LogP contribution in [-0.4, -0.2) is 49.3 Å². The van der Waals surface area contributed by atoms with Crippen LogP contribution in [0.3, 0.4) is 0 Å². The van der Waals surface area contributed by atoms with Crippen LogP contribution in [0, 0.1) is 10.1 Å². The number of non-ortho nitro benzene ring substituents is 1. The lowest BCUT2D eigenvalue weighted by Crippen LogP contribution is -2.37. The van der Waals surface area contributed by atoms with Gasteiger partial charge >= 0.3 is 0 Å². The largest absolute Gasteiger partial charge is 0.393 e. The molecule has 25 heavy (non-hydrogen) atoms. The highest BCUT2D eigenvalue weighted by atomic mass is 16.6. The third-order valence-electron chi connectivity index (χ3n) is 4.36. The molecule has 3 rings (SSSR count). The van der Waals surface area contributed by atoms with Gasteiger partial charge < -0.3 is 10.0 Å². The first-order valence-electron chi connectivity index (χ1n) is 8.25. The Balaban J connectivity index is 1.80. The molecular weight excluding hydrogens is 324 g/mol. The molecule has 1 amide bonds. The van der Waals surface area contributed by atoms with E-state index in [2.05, 4.69) is 5.10 Å². The van der Waals surface area contributed by atoms with Crippen molar-refractivity contribution in [2.75, 3.05) is 6.54 Å². The van der Waals surface area contributed by atoms with Crippen molar-refractivity contribution < 1.29 is 14.8 Å². The van der Waals surface area contributed by atoms with Crippen molar-refractivity contribution in [3.05, 3.63) is 52.3 Å². The molecule has 2 unspecified atom stereocenters. The van der Waals surface area contributed by atoms with Crippen molar-refractivity contribution in [3.63, 3.8) is 0 Å². The van der Waals surface area contributed by atoms with E-state index >= 15 is 0 Å². The fourth-order valence-corrected chi connectivity index (χ4v) is 3.22. The first kappa shape index (κ1) is 17.1. The van der Waals surface area contributed by atoms with Crippen LogP contribution in [0.15, 0.2) is 36.5 Å². The number of likely N-dealkylation sites (tertiary alicyclic amines) is 1. The van der Waals surface area contributed by atoms with Crippen molar-refractivity contribution in [2.24, 2.45) is 0 Å². The normalized spacial score (nSPS) is 18.3. The Labute approximate surface area is 144 Å². The van der Waals surface area contributed by atoms with Crippen molar-refractivity contribution in [1.29, 1.82) is 0 Å². The summed E-state index contributed by atoms with van der Waals surface area (Å²) in [5.74, 6) is -0.174. The minimum Gasteiger partial charge on any atom is -0.393 e. The number of nitrogens with zero attached hydrogens (tertiary/aromatic N) is 4. The van der Waals surface area contributed by atoms with E-state index in [1.54, 1.807) is 36.2 Å². The van der Waals surface area contributed by atoms with Gasteiger partial charge in [-0.15, -0.1) is 0 Å². The highest BCUT2D eigenvalue weighted by Crippen LogP contribution is 2.24. The fourth-order valence-electron chi connectivity index (χ4n) is 3.22. The molecule has 132 valence electrons. The zero-order valence-electron chi connectivity index (χ0n) is 13.9. The topological polar surface area (TPSA) is 102 Å². The molecule has 8 heteroatoms. The van der Waals surface area contributed by atoms with Crippen LogP contribution in [0.1, 0.15) is 36.7 Å². The molecule has 1 N–H and O–H groups in total. The summed E-state index contributed by atoms with van der Waals surface area (Å²) in [6.45, 7) is 2.37. The Hall–Kier alpha value is -2.74. The third kappa shape index (κ3) is 3.69. The number of aliphatic hydroxyl groups is 1. The van der Waals surface area contributed by atoms with Gasteiger partial charge in [0.25, 0.3) is 11.6 Å². The Bertz CT molecular complexity index is 786. The number of hydrogen-bond donors (Lipinski definition) is 1. The second-order valence-electron chi connectivity index (χ2n) is 6.30. The van der Waals surface area contributed by atoms with Gasteiger partial charge in [-0.05, 0) is 38.3 Å². The lowest BCUT2D eigenvalue weighted by atomic mass is 10.1. The van der Waals surface area contributed by atoms with Crippen molar-refractivity contribution in [3.8, 4) is 5.69 Å². The number of benzene rings is 1. The van der Waals surface area contributed by atoms with E-state index in [1.807, 2.05) is 0 Å². The molecule has 1 fully saturated rings. The summed E-state index contributed by atoms with van der Waals surface area (Å²) in [5.41, 5.74) is 0.789. The Morgan fingerprint density at radius 2 is 2.28 bits per heavy atom. The summed E-state index contributed by atoms with van der Waals surface area (Å²) in [7, 11) is 0. The van der Waals surface area contributed by atoms with E-state index in [4.69, 9.17) is 0 Å². The number of rotatable bonds is 5. The number of aromatic nitrogens is 2. The third-order valence-corrected chi connectivity index (χ3v) is 4.36. The molecule has 1 aliphatic heterocycles. The second kappa shape index (κ2) is 7.02. The van der Waals surface area contributed by atoms with Gasteiger partial charge in [0.2, 0.25) is 0 Å². The van der Waals surface area contributed by atoms with E-state index in [9.17, 15) is 20.0 Å². The molecule has 0 aliphatic carbocycles. The maximum atomic E-state index is 12.7. The minimum absolute atomic E-state index is 0.0236. The predicted octanol–water partition coefficient (Wildman–Crippen LogP) is 2.16. The molecular formula is C17H20N4O4. The molecule has 0 bridgehead atoms. The summed E-state index contributed by atoms with van der Waals surface area (Å²) in [5, 5.41) is 24.8. The summed E-state index contributed by atoms with van der Waals surface area (Å²) in [4.78, 5) is 24.9. The molecule has 2 aromatic rings. The zero-order valence-corrected chi connectivity index (χ0v) is 13.9. The van der Waals surface area contributed by atoms with E-state index in [1.165, 1.54) is 16.8 Å². The van der Waals surface area contributed by atoms with Crippen LogP contribution >= 0.6 is 0 Å². The average Bonchev–Trinajstić information content (AvgIpc) is 3.23. The summed E-state index contributed by atoms with van der Waals surface area (Å²) >= 11 is 0. The van der Waals surface area contributed by atoms with Crippen LogP contribution in [0.5, 0.6) is 0 Å². The second-order valence-corrected chi connectivity index (χ2v) is 6.30. The summed E-state index contributed by atoms with van der Waals surface area (Å²) < 4.78 is 1.46. The lowest BCUT2D eigenvalue weighted by molar-refractivity contribution is -0.384. The molecule has 1 aliphatic rings. The number of carbonyl (C=O) groups excluding carboxylic acids is 1. The van der Waals surface area contributed by atoms with Crippen molar-refractivity contribution in [1.82, 2.24) is 14.7 Å². The number of nitro benzene ring substituents is 1. The zero-order chi connectivity index (χ0) is 18.0. The van der Waals surface area contributed by atoms with Gasteiger partial charge in [0.1, 0.15) is 0 Å². The van der Waals surface area contributed by atoms with Gasteiger partial charge in [-0.3, -0.25) is 14.9 Å². The van der Waals surface area contributed by atoms with Crippen LogP contribution in [-0.2, 0) is 0 Å². The van der Waals surface area contributed by atoms with Crippen LogP contribution in [0.4, 0.5) is 5.69 Å². The SMILES string of the molecule is CC(O)CC1CCCN1C(=O)c1ccn(-c2cccc([N+](=O)[O-])c2)n1. The number of carbonyl (C=O) groups is 1. The van der Waals surface area contributed by atoms with Gasteiger partial charge in [0, 0.05) is 30.9 Å².